The van der Waals surface area contributed by atoms with Crippen molar-refractivity contribution in [3.05, 3.63) is 41.7 Å². The van der Waals surface area contributed by atoms with Crippen LogP contribution in [0.2, 0.25) is 13.1 Å². The Morgan fingerprint density at radius 2 is 2.00 bits per heavy atom. The van der Waals surface area contributed by atoms with Gasteiger partial charge in [-0.1, -0.05) is 38.1 Å². The maximum Gasteiger partial charge on any atom is 0.228 e. The van der Waals surface area contributed by atoms with Gasteiger partial charge in [0.05, 0.1) is 6.26 Å². The zero-order chi connectivity index (χ0) is 11.3. The molecule has 0 aliphatic carbocycles. The highest BCUT2D eigenvalue weighted by Gasteiger charge is 1.98. The molecule has 1 rings (SSSR count). The van der Waals surface area contributed by atoms with E-state index in [1.54, 1.807) is 0 Å². The Morgan fingerprint density at radius 3 is 2.60 bits per heavy atom. The standard InChI is InChI=1S/C13H20OSi/c1-11(2)13-7-5-6-12(10-13)8-9-14-15(3)4/h5-11,15H,1-4H3. The van der Waals surface area contributed by atoms with Gasteiger partial charge in [0.25, 0.3) is 0 Å². The van der Waals surface area contributed by atoms with Gasteiger partial charge in [-0.3, -0.25) is 0 Å². The molecule has 2 heteroatoms. The van der Waals surface area contributed by atoms with Crippen LogP contribution >= 0.6 is 0 Å². The highest BCUT2D eigenvalue weighted by molar-refractivity contribution is 6.48. The van der Waals surface area contributed by atoms with Crippen molar-refractivity contribution >= 4 is 15.1 Å². The summed E-state index contributed by atoms with van der Waals surface area (Å²) in [5.74, 6) is 0.582. The van der Waals surface area contributed by atoms with Gasteiger partial charge in [-0.15, -0.1) is 0 Å². The van der Waals surface area contributed by atoms with Gasteiger partial charge in [0.1, 0.15) is 0 Å². The first kappa shape index (κ1) is 12.0. The summed E-state index contributed by atoms with van der Waals surface area (Å²) in [7, 11) is -0.931. The molecule has 0 saturated carbocycles. The summed E-state index contributed by atoms with van der Waals surface area (Å²) in [6, 6.07) is 8.59. The van der Waals surface area contributed by atoms with E-state index in [0.717, 1.165) is 0 Å². The molecule has 0 atom stereocenters. The summed E-state index contributed by atoms with van der Waals surface area (Å²) < 4.78 is 5.50. The van der Waals surface area contributed by atoms with Gasteiger partial charge in [0.2, 0.25) is 9.04 Å². The van der Waals surface area contributed by atoms with Gasteiger partial charge in [-0.2, -0.15) is 0 Å². The van der Waals surface area contributed by atoms with Crippen LogP contribution in [0.4, 0.5) is 0 Å². The maximum atomic E-state index is 5.50. The number of rotatable bonds is 4. The van der Waals surface area contributed by atoms with Crippen LogP contribution in [0.15, 0.2) is 30.5 Å². The van der Waals surface area contributed by atoms with Crippen molar-refractivity contribution in [1.82, 2.24) is 0 Å². The van der Waals surface area contributed by atoms with Crippen LogP contribution in [0.25, 0.3) is 6.08 Å². The van der Waals surface area contributed by atoms with E-state index in [1.807, 2.05) is 12.3 Å². The lowest BCUT2D eigenvalue weighted by molar-refractivity contribution is 0.505. The third-order valence-corrected chi connectivity index (χ3v) is 2.89. The van der Waals surface area contributed by atoms with E-state index in [1.165, 1.54) is 11.1 Å². The first-order valence-electron chi connectivity index (χ1n) is 5.51. The molecule has 0 spiro atoms. The summed E-state index contributed by atoms with van der Waals surface area (Å²) in [5.41, 5.74) is 2.59. The molecule has 0 aliphatic rings. The molecule has 1 nitrogen and oxygen atoms in total. The molecule has 0 fully saturated rings. The normalized spacial score (nSPS) is 11.6. The fourth-order valence-corrected chi connectivity index (χ4v) is 1.69. The second kappa shape index (κ2) is 5.76. The van der Waals surface area contributed by atoms with E-state index in [4.69, 9.17) is 4.43 Å². The van der Waals surface area contributed by atoms with Crippen molar-refractivity contribution in [2.24, 2.45) is 0 Å². The van der Waals surface area contributed by atoms with Crippen molar-refractivity contribution in [3.63, 3.8) is 0 Å². The molecule has 15 heavy (non-hydrogen) atoms. The Hall–Kier alpha value is -1.02. The topological polar surface area (TPSA) is 9.23 Å². The molecule has 0 saturated heterocycles. The van der Waals surface area contributed by atoms with Gasteiger partial charge < -0.3 is 4.43 Å². The first-order chi connectivity index (χ1) is 7.09. The lowest BCUT2D eigenvalue weighted by Crippen LogP contribution is -2.00. The van der Waals surface area contributed by atoms with Crippen LogP contribution in [-0.2, 0) is 4.43 Å². The molecule has 0 unspecified atom stereocenters. The molecule has 1 aromatic carbocycles. The summed E-state index contributed by atoms with van der Waals surface area (Å²) in [4.78, 5) is 0. The Bertz CT molecular complexity index is 329. The van der Waals surface area contributed by atoms with E-state index in [9.17, 15) is 0 Å². The summed E-state index contributed by atoms with van der Waals surface area (Å²) >= 11 is 0. The van der Waals surface area contributed by atoms with Crippen molar-refractivity contribution < 1.29 is 4.43 Å². The van der Waals surface area contributed by atoms with E-state index in [-0.39, 0.29) is 0 Å². The molecule has 0 aromatic heterocycles. The van der Waals surface area contributed by atoms with Gasteiger partial charge in [-0.25, -0.2) is 0 Å². The molecule has 1 aromatic rings. The predicted molar refractivity (Wildman–Crippen MR) is 69.5 cm³/mol. The SMILES string of the molecule is CC(C)c1cccc(C=CO[SiH](C)C)c1. The van der Waals surface area contributed by atoms with Gasteiger partial charge in [-0.05, 0) is 36.2 Å². The zero-order valence-electron chi connectivity index (χ0n) is 10.0. The van der Waals surface area contributed by atoms with Gasteiger partial charge in [0.15, 0.2) is 0 Å². The number of hydrogen-bond acceptors (Lipinski definition) is 1. The average Bonchev–Trinajstić information content (AvgIpc) is 2.17. The Morgan fingerprint density at radius 1 is 1.27 bits per heavy atom. The average molecular weight is 220 g/mol. The minimum atomic E-state index is -0.931. The zero-order valence-corrected chi connectivity index (χ0v) is 11.2. The minimum Gasteiger partial charge on any atom is -0.552 e. The Kier molecular flexibility index (Phi) is 4.63. The number of hydrogen-bond donors (Lipinski definition) is 0. The highest BCUT2D eigenvalue weighted by Crippen LogP contribution is 2.16. The minimum absolute atomic E-state index is 0.582. The molecule has 82 valence electrons. The van der Waals surface area contributed by atoms with Gasteiger partial charge >= 0.3 is 0 Å². The molecule has 0 heterocycles. The fraction of sp³-hybridized carbons (Fsp3) is 0.385. The largest absolute Gasteiger partial charge is 0.552 e. The predicted octanol–water partition coefficient (Wildman–Crippen LogP) is 3.78. The lowest BCUT2D eigenvalue weighted by Gasteiger charge is -2.06. The van der Waals surface area contributed by atoms with Crippen LogP contribution in [0.5, 0.6) is 0 Å². The van der Waals surface area contributed by atoms with Crippen molar-refractivity contribution in [2.45, 2.75) is 32.9 Å². The first-order valence-corrected chi connectivity index (χ1v) is 8.29. The van der Waals surface area contributed by atoms with E-state index < -0.39 is 9.04 Å². The molecule has 0 amide bonds. The van der Waals surface area contributed by atoms with E-state index in [2.05, 4.69) is 51.2 Å². The Balaban J connectivity index is 2.69. The molecule has 0 N–H and O–H groups in total. The quantitative estimate of drug-likeness (QED) is 0.554. The van der Waals surface area contributed by atoms with Crippen LogP contribution in [0.3, 0.4) is 0 Å². The third kappa shape index (κ3) is 4.34. The monoisotopic (exact) mass is 220 g/mol. The maximum absolute atomic E-state index is 5.50. The highest BCUT2D eigenvalue weighted by atomic mass is 28.3. The Labute approximate surface area is 94.5 Å². The third-order valence-electron chi connectivity index (χ3n) is 2.19. The van der Waals surface area contributed by atoms with E-state index in [0.29, 0.717) is 5.92 Å². The van der Waals surface area contributed by atoms with Crippen LogP contribution in [0, 0.1) is 0 Å². The second-order valence-electron chi connectivity index (χ2n) is 4.31. The fourth-order valence-electron chi connectivity index (χ4n) is 1.30. The van der Waals surface area contributed by atoms with Gasteiger partial charge in [0, 0.05) is 0 Å². The number of benzene rings is 1. The van der Waals surface area contributed by atoms with Crippen molar-refractivity contribution in [3.8, 4) is 0 Å². The summed E-state index contributed by atoms with van der Waals surface area (Å²) in [5, 5.41) is 0. The van der Waals surface area contributed by atoms with E-state index >= 15 is 0 Å². The summed E-state index contributed by atoms with van der Waals surface area (Å²) in [6.45, 7) is 8.74. The lowest BCUT2D eigenvalue weighted by atomic mass is 10.0. The van der Waals surface area contributed by atoms with Crippen LogP contribution in [0.1, 0.15) is 30.9 Å². The van der Waals surface area contributed by atoms with Crippen LogP contribution < -0.4 is 0 Å². The molecular weight excluding hydrogens is 200 g/mol. The summed E-state index contributed by atoms with van der Waals surface area (Å²) in [6.07, 6.45) is 3.87. The van der Waals surface area contributed by atoms with Crippen LogP contribution in [-0.4, -0.2) is 9.04 Å². The molecule has 0 bridgehead atoms. The molecular formula is C13H20OSi. The molecule has 0 radical (unpaired) electrons. The van der Waals surface area contributed by atoms with Crippen molar-refractivity contribution in [2.75, 3.05) is 0 Å². The van der Waals surface area contributed by atoms with Crippen molar-refractivity contribution in [1.29, 1.82) is 0 Å². The second-order valence-corrected chi connectivity index (χ2v) is 6.68. The molecule has 0 aliphatic heterocycles. The smallest absolute Gasteiger partial charge is 0.228 e.